The highest BCUT2D eigenvalue weighted by molar-refractivity contribution is 14.1. The number of hydrogen-bond acceptors (Lipinski definition) is 1. The van der Waals surface area contributed by atoms with E-state index < -0.39 is 0 Å². The number of pyridine rings is 1. The molecule has 0 aliphatic heterocycles. The first-order chi connectivity index (χ1) is 8.77. The Morgan fingerprint density at radius 1 is 1.17 bits per heavy atom. The average molecular weight is 348 g/mol. The highest BCUT2D eigenvalue weighted by atomic mass is 127. The van der Waals surface area contributed by atoms with Crippen LogP contribution in [0, 0.1) is 3.57 Å². The van der Waals surface area contributed by atoms with Crippen LogP contribution in [0.2, 0.25) is 0 Å². The number of benzene rings is 1. The maximum Gasteiger partial charge on any atom is 0.0683 e. The van der Waals surface area contributed by atoms with Crippen LogP contribution in [0.4, 0.5) is 0 Å². The van der Waals surface area contributed by atoms with Gasteiger partial charge >= 0.3 is 0 Å². The summed E-state index contributed by atoms with van der Waals surface area (Å²) in [5.41, 5.74) is 2.51. The molecule has 0 amide bonds. The van der Waals surface area contributed by atoms with Gasteiger partial charge in [-0.2, -0.15) is 0 Å². The molecule has 3 rings (SSSR count). The Bertz CT molecular complexity index is 673. The standard InChI is InChI=1S/C15H13IN2/c1-11(12-5-3-2-4-6-12)18-10-14(16)13-7-8-17-9-15(13)18/h2-11H,1H3. The van der Waals surface area contributed by atoms with Crippen LogP contribution in [0.3, 0.4) is 0 Å². The summed E-state index contributed by atoms with van der Waals surface area (Å²) in [5.74, 6) is 0. The minimum atomic E-state index is 0.321. The minimum Gasteiger partial charge on any atom is -0.338 e. The molecule has 0 radical (unpaired) electrons. The zero-order valence-corrected chi connectivity index (χ0v) is 12.2. The first-order valence-electron chi connectivity index (χ1n) is 5.92. The van der Waals surface area contributed by atoms with Gasteiger partial charge in [-0.25, -0.2) is 0 Å². The molecule has 3 aromatic rings. The normalized spacial score (nSPS) is 12.8. The maximum absolute atomic E-state index is 4.24. The van der Waals surface area contributed by atoms with E-state index in [4.69, 9.17) is 0 Å². The molecular weight excluding hydrogens is 335 g/mol. The predicted octanol–water partition coefficient (Wildman–Crippen LogP) is 4.25. The Labute approximate surface area is 120 Å². The second kappa shape index (κ2) is 4.72. The summed E-state index contributed by atoms with van der Waals surface area (Å²) < 4.78 is 3.56. The van der Waals surface area contributed by atoms with Crippen molar-refractivity contribution in [3.05, 3.63) is 64.1 Å². The summed E-state index contributed by atoms with van der Waals surface area (Å²) >= 11 is 2.38. The van der Waals surface area contributed by atoms with Crippen LogP contribution >= 0.6 is 22.6 Å². The SMILES string of the molecule is CC(c1ccccc1)n1cc(I)c2ccncc21. The number of nitrogens with zero attached hydrogens (tertiary/aromatic N) is 2. The number of aromatic nitrogens is 2. The van der Waals surface area contributed by atoms with E-state index in [-0.39, 0.29) is 0 Å². The van der Waals surface area contributed by atoms with Crippen molar-refractivity contribution in [3.8, 4) is 0 Å². The number of halogens is 1. The molecule has 0 saturated carbocycles. The van der Waals surface area contributed by atoms with Gasteiger partial charge in [-0.1, -0.05) is 30.3 Å². The predicted molar refractivity (Wildman–Crippen MR) is 82.7 cm³/mol. The zero-order valence-electron chi connectivity index (χ0n) is 10.0. The molecule has 1 atom stereocenters. The van der Waals surface area contributed by atoms with Crippen LogP contribution < -0.4 is 0 Å². The molecule has 0 saturated heterocycles. The van der Waals surface area contributed by atoms with Crippen LogP contribution in [-0.4, -0.2) is 9.55 Å². The molecule has 3 heteroatoms. The third-order valence-electron chi connectivity index (χ3n) is 3.29. The maximum atomic E-state index is 4.24. The molecule has 0 bridgehead atoms. The van der Waals surface area contributed by atoms with E-state index in [1.54, 1.807) is 0 Å². The van der Waals surface area contributed by atoms with Crippen molar-refractivity contribution >= 4 is 33.5 Å². The van der Waals surface area contributed by atoms with E-state index in [9.17, 15) is 0 Å². The second-order valence-corrected chi connectivity index (χ2v) is 5.53. The summed E-state index contributed by atoms with van der Waals surface area (Å²) in [7, 11) is 0. The molecule has 2 nitrogen and oxygen atoms in total. The Balaban J connectivity index is 2.15. The van der Waals surface area contributed by atoms with Crippen LogP contribution in [-0.2, 0) is 0 Å². The number of fused-ring (bicyclic) bond motifs is 1. The lowest BCUT2D eigenvalue weighted by Gasteiger charge is -2.15. The van der Waals surface area contributed by atoms with Crippen molar-refractivity contribution in [3.63, 3.8) is 0 Å². The molecule has 1 unspecified atom stereocenters. The molecule has 0 spiro atoms. The van der Waals surface area contributed by atoms with Crippen LogP contribution in [0.15, 0.2) is 55.0 Å². The van der Waals surface area contributed by atoms with E-state index in [0.717, 1.165) is 0 Å². The molecule has 2 heterocycles. The molecule has 0 N–H and O–H groups in total. The first-order valence-corrected chi connectivity index (χ1v) is 7.00. The smallest absolute Gasteiger partial charge is 0.0683 e. The molecular formula is C15H13IN2. The van der Waals surface area contributed by atoms with Crippen LogP contribution in [0.1, 0.15) is 18.5 Å². The lowest BCUT2D eigenvalue weighted by atomic mass is 10.1. The summed E-state index contributed by atoms with van der Waals surface area (Å²) in [4.78, 5) is 4.24. The van der Waals surface area contributed by atoms with Crippen molar-refractivity contribution in [1.82, 2.24) is 9.55 Å². The first kappa shape index (κ1) is 11.7. The Hall–Kier alpha value is -1.36. The highest BCUT2D eigenvalue weighted by Gasteiger charge is 2.12. The fourth-order valence-electron chi connectivity index (χ4n) is 2.27. The second-order valence-electron chi connectivity index (χ2n) is 4.36. The lowest BCUT2D eigenvalue weighted by molar-refractivity contribution is 0.662. The van der Waals surface area contributed by atoms with E-state index in [0.29, 0.717) is 6.04 Å². The molecule has 0 aliphatic rings. The quantitative estimate of drug-likeness (QED) is 0.633. The van der Waals surface area contributed by atoms with Crippen molar-refractivity contribution in [2.24, 2.45) is 0 Å². The average Bonchev–Trinajstić information content (AvgIpc) is 2.77. The summed E-state index contributed by atoms with van der Waals surface area (Å²) in [6.45, 7) is 2.22. The van der Waals surface area contributed by atoms with Crippen molar-refractivity contribution < 1.29 is 0 Å². The van der Waals surface area contributed by atoms with Crippen LogP contribution in [0.5, 0.6) is 0 Å². The van der Waals surface area contributed by atoms with Gasteiger partial charge in [0.25, 0.3) is 0 Å². The lowest BCUT2D eigenvalue weighted by Crippen LogP contribution is -2.05. The molecule has 0 aliphatic carbocycles. The van der Waals surface area contributed by atoms with E-state index in [2.05, 4.69) is 81.7 Å². The van der Waals surface area contributed by atoms with Crippen LogP contribution in [0.25, 0.3) is 10.9 Å². The van der Waals surface area contributed by atoms with E-state index in [1.807, 2.05) is 12.4 Å². The van der Waals surface area contributed by atoms with Gasteiger partial charge in [0.05, 0.1) is 17.8 Å². The van der Waals surface area contributed by atoms with Gasteiger partial charge in [0.1, 0.15) is 0 Å². The molecule has 18 heavy (non-hydrogen) atoms. The Kier molecular flexibility index (Phi) is 3.07. The van der Waals surface area contributed by atoms with Gasteiger partial charge in [-0.15, -0.1) is 0 Å². The summed E-state index contributed by atoms with van der Waals surface area (Å²) in [6, 6.07) is 12.9. The van der Waals surface area contributed by atoms with Crippen molar-refractivity contribution in [1.29, 1.82) is 0 Å². The molecule has 1 aromatic carbocycles. The highest BCUT2D eigenvalue weighted by Crippen LogP contribution is 2.28. The van der Waals surface area contributed by atoms with Gasteiger partial charge in [-0.3, -0.25) is 4.98 Å². The number of hydrogen-bond donors (Lipinski definition) is 0. The zero-order chi connectivity index (χ0) is 12.5. The Morgan fingerprint density at radius 2 is 1.94 bits per heavy atom. The Morgan fingerprint density at radius 3 is 2.72 bits per heavy atom. The third kappa shape index (κ3) is 1.92. The third-order valence-corrected chi connectivity index (χ3v) is 4.15. The van der Waals surface area contributed by atoms with Gasteiger partial charge in [0, 0.05) is 21.4 Å². The van der Waals surface area contributed by atoms with Gasteiger partial charge in [0.15, 0.2) is 0 Å². The molecule has 2 aromatic heterocycles. The minimum absolute atomic E-state index is 0.321. The largest absolute Gasteiger partial charge is 0.338 e. The van der Waals surface area contributed by atoms with Gasteiger partial charge in [-0.05, 0) is 41.1 Å². The fraction of sp³-hybridized carbons (Fsp3) is 0.133. The topological polar surface area (TPSA) is 17.8 Å². The van der Waals surface area contributed by atoms with E-state index >= 15 is 0 Å². The fourth-order valence-corrected chi connectivity index (χ4v) is 3.02. The molecule has 0 fully saturated rings. The summed E-state index contributed by atoms with van der Waals surface area (Å²) in [6.07, 6.45) is 5.99. The van der Waals surface area contributed by atoms with Crippen molar-refractivity contribution in [2.45, 2.75) is 13.0 Å². The monoisotopic (exact) mass is 348 g/mol. The van der Waals surface area contributed by atoms with Gasteiger partial charge < -0.3 is 4.57 Å². The van der Waals surface area contributed by atoms with E-state index in [1.165, 1.54) is 20.0 Å². The molecule has 90 valence electrons. The number of rotatable bonds is 2. The van der Waals surface area contributed by atoms with Gasteiger partial charge in [0.2, 0.25) is 0 Å². The van der Waals surface area contributed by atoms with Crippen molar-refractivity contribution in [2.75, 3.05) is 0 Å². The summed E-state index contributed by atoms with van der Waals surface area (Å²) in [5, 5.41) is 1.27.